The first-order chi connectivity index (χ1) is 11.7. The second-order valence-corrected chi connectivity index (χ2v) is 6.66. The molecule has 1 saturated heterocycles. The van der Waals surface area contributed by atoms with Crippen molar-refractivity contribution < 1.29 is 9.18 Å². The SMILES string of the molecule is O=C(c1ccccc1F)N1CC[C@H](N2CCc3ccccc3C2)C1. The van der Waals surface area contributed by atoms with E-state index in [0.717, 1.165) is 25.9 Å². The molecule has 0 aromatic heterocycles. The molecule has 0 N–H and O–H groups in total. The predicted molar refractivity (Wildman–Crippen MR) is 91.3 cm³/mol. The zero-order valence-corrected chi connectivity index (χ0v) is 13.6. The minimum atomic E-state index is -0.433. The van der Waals surface area contributed by atoms with E-state index < -0.39 is 5.82 Å². The Bertz CT molecular complexity index is 761. The highest BCUT2D eigenvalue weighted by Crippen LogP contribution is 2.25. The summed E-state index contributed by atoms with van der Waals surface area (Å²) in [5.41, 5.74) is 3.01. The van der Waals surface area contributed by atoms with E-state index in [2.05, 4.69) is 29.2 Å². The zero-order chi connectivity index (χ0) is 16.5. The Morgan fingerprint density at radius 2 is 1.75 bits per heavy atom. The van der Waals surface area contributed by atoms with Gasteiger partial charge in [-0.25, -0.2) is 4.39 Å². The van der Waals surface area contributed by atoms with Crippen LogP contribution in [-0.2, 0) is 13.0 Å². The molecule has 0 unspecified atom stereocenters. The average molecular weight is 324 g/mol. The van der Waals surface area contributed by atoms with Crippen LogP contribution in [0.25, 0.3) is 0 Å². The lowest BCUT2D eigenvalue weighted by Gasteiger charge is -2.33. The third kappa shape index (κ3) is 2.82. The molecule has 24 heavy (non-hydrogen) atoms. The van der Waals surface area contributed by atoms with Crippen molar-refractivity contribution in [1.29, 1.82) is 0 Å². The maximum Gasteiger partial charge on any atom is 0.256 e. The Labute approximate surface area is 141 Å². The van der Waals surface area contributed by atoms with Gasteiger partial charge >= 0.3 is 0 Å². The largest absolute Gasteiger partial charge is 0.337 e. The fourth-order valence-electron chi connectivity index (χ4n) is 3.86. The van der Waals surface area contributed by atoms with E-state index in [-0.39, 0.29) is 11.5 Å². The molecule has 2 aliphatic rings. The molecule has 2 aromatic rings. The van der Waals surface area contributed by atoms with Crippen molar-refractivity contribution in [1.82, 2.24) is 9.80 Å². The Hall–Kier alpha value is -2.20. The first kappa shape index (κ1) is 15.3. The normalized spacial score (nSPS) is 20.9. The summed E-state index contributed by atoms with van der Waals surface area (Å²) in [5, 5.41) is 0. The first-order valence-corrected chi connectivity index (χ1v) is 8.57. The molecule has 3 nitrogen and oxygen atoms in total. The van der Waals surface area contributed by atoms with Crippen LogP contribution in [-0.4, -0.2) is 41.4 Å². The summed E-state index contributed by atoms with van der Waals surface area (Å²) < 4.78 is 13.9. The maximum atomic E-state index is 13.9. The van der Waals surface area contributed by atoms with E-state index in [0.29, 0.717) is 19.1 Å². The molecule has 0 saturated carbocycles. The Morgan fingerprint density at radius 3 is 2.58 bits per heavy atom. The number of hydrogen-bond donors (Lipinski definition) is 0. The summed E-state index contributed by atoms with van der Waals surface area (Å²) in [6.45, 7) is 3.37. The quantitative estimate of drug-likeness (QED) is 0.847. The monoisotopic (exact) mass is 324 g/mol. The van der Waals surface area contributed by atoms with Crippen molar-refractivity contribution in [3.8, 4) is 0 Å². The number of fused-ring (bicyclic) bond motifs is 1. The van der Waals surface area contributed by atoms with Gasteiger partial charge in [-0.3, -0.25) is 9.69 Å². The van der Waals surface area contributed by atoms with Gasteiger partial charge in [0.15, 0.2) is 0 Å². The highest BCUT2D eigenvalue weighted by atomic mass is 19.1. The Morgan fingerprint density at radius 1 is 1.00 bits per heavy atom. The van der Waals surface area contributed by atoms with Gasteiger partial charge in [0.1, 0.15) is 5.82 Å². The predicted octanol–water partition coefficient (Wildman–Crippen LogP) is 3.10. The number of benzene rings is 2. The second kappa shape index (κ2) is 6.36. The molecule has 4 heteroatoms. The van der Waals surface area contributed by atoms with Crippen molar-refractivity contribution in [3.63, 3.8) is 0 Å². The molecule has 2 aromatic carbocycles. The summed E-state index contributed by atoms with van der Waals surface area (Å²) in [5.74, 6) is -0.620. The van der Waals surface area contributed by atoms with Crippen LogP contribution in [0.4, 0.5) is 4.39 Å². The van der Waals surface area contributed by atoms with E-state index in [9.17, 15) is 9.18 Å². The van der Waals surface area contributed by atoms with Crippen molar-refractivity contribution in [2.75, 3.05) is 19.6 Å². The molecular weight excluding hydrogens is 303 g/mol. The number of amides is 1. The lowest BCUT2D eigenvalue weighted by Crippen LogP contribution is -2.41. The van der Waals surface area contributed by atoms with Crippen molar-refractivity contribution in [3.05, 3.63) is 71.0 Å². The van der Waals surface area contributed by atoms with Gasteiger partial charge in [-0.1, -0.05) is 36.4 Å². The van der Waals surface area contributed by atoms with Gasteiger partial charge in [-0.05, 0) is 36.1 Å². The zero-order valence-electron chi connectivity index (χ0n) is 13.6. The molecule has 2 heterocycles. The highest BCUT2D eigenvalue weighted by molar-refractivity contribution is 5.94. The smallest absolute Gasteiger partial charge is 0.256 e. The van der Waals surface area contributed by atoms with Crippen LogP contribution >= 0.6 is 0 Å². The molecule has 2 aliphatic heterocycles. The average Bonchev–Trinajstić information content (AvgIpc) is 3.11. The second-order valence-electron chi connectivity index (χ2n) is 6.66. The number of rotatable bonds is 2. The van der Waals surface area contributed by atoms with Crippen LogP contribution in [0.1, 0.15) is 27.9 Å². The van der Waals surface area contributed by atoms with Crippen molar-refractivity contribution in [2.45, 2.75) is 25.4 Å². The summed E-state index contributed by atoms with van der Waals surface area (Å²) in [4.78, 5) is 16.8. The third-order valence-electron chi connectivity index (χ3n) is 5.23. The summed E-state index contributed by atoms with van der Waals surface area (Å²) in [6, 6.07) is 15.2. The number of likely N-dealkylation sites (tertiary alicyclic amines) is 1. The standard InChI is InChI=1S/C20H21FN2O/c21-19-8-4-3-7-18(19)20(24)23-12-10-17(14-23)22-11-9-15-5-1-2-6-16(15)13-22/h1-8,17H,9-14H2/t17-/m0/s1. The van der Waals surface area contributed by atoms with Gasteiger partial charge in [-0.2, -0.15) is 0 Å². The van der Waals surface area contributed by atoms with E-state index in [4.69, 9.17) is 0 Å². The Balaban J connectivity index is 1.44. The van der Waals surface area contributed by atoms with Gasteiger partial charge in [-0.15, -0.1) is 0 Å². The molecule has 0 bridgehead atoms. The van der Waals surface area contributed by atoms with Gasteiger partial charge in [0.05, 0.1) is 5.56 Å². The van der Waals surface area contributed by atoms with Crippen LogP contribution in [0.2, 0.25) is 0 Å². The number of carbonyl (C=O) groups excluding carboxylic acids is 1. The molecule has 0 aliphatic carbocycles. The molecular formula is C20H21FN2O. The minimum absolute atomic E-state index is 0.183. The fourth-order valence-corrected chi connectivity index (χ4v) is 3.86. The third-order valence-corrected chi connectivity index (χ3v) is 5.23. The molecule has 0 radical (unpaired) electrons. The summed E-state index contributed by atoms with van der Waals surface area (Å²) in [7, 11) is 0. The molecule has 1 atom stereocenters. The lowest BCUT2D eigenvalue weighted by atomic mass is 9.98. The molecule has 4 rings (SSSR count). The van der Waals surface area contributed by atoms with Crippen LogP contribution in [0.3, 0.4) is 0 Å². The van der Waals surface area contributed by atoms with Crippen molar-refractivity contribution >= 4 is 5.91 Å². The molecule has 124 valence electrons. The lowest BCUT2D eigenvalue weighted by molar-refractivity contribution is 0.0768. The molecule has 1 amide bonds. The van der Waals surface area contributed by atoms with Crippen LogP contribution in [0, 0.1) is 5.82 Å². The van der Waals surface area contributed by atoms with E-state index in [1.807, 2.05) is 0 Å². The number of halogens is 1. The molecule has 0 spiro atoms. The van der Waals surface area contributed by atoms with E-state index in [1.54, 1.807) is 23.1 Å². The van der Waals surface area contributed by atoms with Gasteiger partial charge in [0, 0.05) is 32.2 Å². The van der Waals surface area contributed by atoms with Crippen molar-refractivity contribution in [2.24, 2.45) is 0 Å². The number of hydrogen-bond acceptors (Lipinski definition) is 2. The Kier molecular flexibility index (Phi) is 4.07. The van der Waals surface area contributed by atoms with Crippen LogP contribution in [0.5, 0.6) is 0 Å². The first-order valence-electron chi connectivity index (χ1n) is 8.57. The topological polar surface area (TPSA) is 23.6 Å². The van der Waals surface area contributed by atoms with Gasteiger partial charge in [0.2, 0.25) is 0 Å². The van der Waals surface area contributed by atoms with Crippen LogP contribution < -0.4 is 0 Å². The summed E-state index contributed by atoms with van der Waals surface area (Å²) in [6.07, 6.45) is 2.02. The highest BCUT2D eigenvalue weighted by Gasteiger charge is 2.32. The van der Waals surface area contributed by atoms with E-state index >= 15 is 0 Å². The van der Waals surface area contributed by atoms with E-state index in [1.165, 1.54) is 17.2 Å². The minimum Gasteiger partial charge on any atom is -0.337 e. The fraction of sp³-hybridized carbons (Fsp3) is 0.350. The number of nitrogens with zero attached hydrogens (tertiary/aromatic N) is 2. The van der Waals surface area contributed by atoms with Gasteiger partial charge in [0.25, 0.3) is 5.91 Å². The molecule has 1 fully saturated rings. The summed E-state index contributed by atoms with van der Waals surface area (Å²) >= 11 is 0. The van der Waals surface area contributed by atoms with Crippen LogP contribution in [0.15, 0.2) is 48.5 Å². The maximum absolute atomic E-state index is 13.9. The van der Waals surface area contributed by atoms with Gasteiger partial charge < -0.3 is 4.90 Å². The number of carbonyl (C=O) groups is 1.